The van der Waals surface area contributed by atoms with Crippen molar-refractivity contribution in [2.75, 3.05) is 14.2 Å². The molecule has 0 atom stereocenters. The van der Waals surface area contributed by atoms with Gasteiger partial charge in [-0.25, -0.2) is 9.59 Å². The molecule has 0 unspecified atom stereocenters. The Balaban J connectivity index is 2.94. The first-order chi connectivity index (χ1) is 6.20. The van der Waals surface area contributed by atoms with Gasteiger partial charge in [0.15, 0.2) is 0 Å². The van der Waals surface area contributed by atoms with Gasteiger partial charge in [-0.2, -0.15) is 0 Å². The highest BCUT2D eigenvalue weighted by Crippen LogP contribution is 2.20. The van der Waals surface area contributed by atoms with E-state index in [2.05, 4.69) is 9.47 Å². The van der Waals surface area contributed by atoms with E-state index < -0.39 is 11.9 Å². The fraction of sp³-hybridized carbons (Fsp3) is 0.333. The third-order valence-corrected chi connectivity index (χ3v) is 1.77. The van der Waals surface area contributed by atoms with Crippen molar-refractivity contribution in [3.8, 4) is 0 Å². The first-order valence-electron chi connectivity index (χ1n) is 3.77. The second kappa shape index (κ2) is 3.89. The van der Waals surface area contributed by atoms with Crippen molar-refractivity contribution in [1.29, 1.82) is 0 Å². The molecule has 0 saturated heterocycles. The average Bonchev–Trinajstić information content (AvgIpc) is 2.63. The maximum absolute atomic E-state index is 11.1. The second-order valence-corrected chi connectivity index (χ2v) is 2.48. The number of carbonyl (C=O) groups is 2. The molecule has 13 heavy (non-hydrogen) atoms. The van der Waals surface area contributed by atoms with Crippen LogP contribution < -0.4 is 0 Å². The fourth-order valence-corrected chi connectivity index (χ4v) is 1.12. The van der Waals surface area contributed by atoms with Crippen molar-refractivity contribution in [2.45, 2.75) is 6.42 Å². The first-order valence-corrected chi connectivity index (χ1v) is 3.77. The van der Waals surface area contributed by atoms with E-state index in [1.807, 2.05) is 0 Å². The van der Waals surface area contributed by atoms with Gasteiger partial charge in [-0.15, -0.1) is 0 Å². The van der Waals surface area contributed by atoms with E-state index in [1.54, 1.807) is 12.2 Å². The van der Waals surface area contributed by atoms with Crippen LogP contribution in [-0.4, -0.2) is 26.2 Å². The van der Waals surface area contributed by atoms with Crippen molar-refractivity contribution in [1.82, 2.24) is 0 Å². The van der Waals surface area contributed by atoms with E-state index in [0.717, 1.165) is 0 Å². The third-order valence-electron chi connectivity index (χ3n) is 1.77. The predicted octanol–water partition coefficient (Wildman–Crippen LogP) is 0.589. The number of carbonyl (C=O) groups excluding carboxylic acids is 2. The van der Waals surface area contributed by atoms with Crippen molar-refractivity contribution >= 4 is 11.9 Å². The quantitative estimate of drug-likeness (QED) is 0.586. The van der Waals surface area contributed by atoms with Gasteiger partial charge in [-0.1, -0.05) is 12.2 Å². The summed E-state index contributed by atoms with van der Waals surface area (Å²) in [5, 5.41) is 0. The van der Waals surface area contributed by atoms with Crippen LogP contribution in [0.1, 0.15) is 6.42 Å². The van der Waals surface area contributed by atoms with Crippen molar-refractivity contribution in [3.05, 3.63) is 23.3 Å². The van der Waals surface area contributed by atoms with Crippen molar-refractivity contribution in [3.63, 3.8) is 0 Å². The largest absolute Gasteiger partial charge is 0.466 e. The zero-order valence-corrected chi connectivity index (χ0v) is 7.49. The van der Waals surface area contributed by atoms with Crippen molar-refractivity contribution < 1.29 is 19.1 Å². The van der Waals surface area contributed by atoms with Crippen LogP contribution in [0.15, 0.2) is 23.3 Å². The topological polar surface area (TPSA) is 52.6 Å². The average molecular weight is 182 g/mol. The number of esters is 2. The van der Waals surface area contributed by atoms with Gasteiger partial charge in [-0.05, 0) is 6.42 Å². The van der Waals surface area contributed by atoms with E-state index >= 15 is 0 Å². The number of ether oxygens (including phenoxy) is 2. The highest BCUT2D eigenvalue weighted by molar-refractivity contribution is 6.03. The smallest absolute Gasteiger partial charge is 0.338 e. The summed E-state index contributed by atoms with van der Waals surface area (Å²) in [5.41, 5.74) is 0.642. The molecule has 0 fully saturated rings. The van der Waals surface area contributed by atoms with Crippen LogP contribution in [0.3, 0.4) is 0 Å². The van der Waals surface area contributed by atoms with Gasteiger partial charge in [0, 0.05) is 0 Å². The third kappa shape index (κ3) is 1.77. The number of hydrogen-bond acceptors (Lipinski definition) is 4. The van der Waals surface area contributed by atoms with Crippen LogP contribution in [-0.2, 0) is 19.1 Å². The van der Waals surface area contributed by atoms with Gasteiger partial charge in [0.05, 0.1) is 25.4 Å². The number of rotatable bonds is 2. The summed E-state index contributed by atoms with van der Waals surface area (Å²) < 4.78 is 9.02. The Hall–Kier alpha value is -1.58. The summed E-state index contributed by atoms with van der Waals surface area (Å²) in [4.78, 5) is 22.2. The molecule has 0 heterocycles. The summed E-state index contributed by atoms with van der Waals surface area (Å²) in [6.45, 7) is 0. The monoisotopic (exact) mass is 182 g/mol. The molecule has 0 N–H and O–H groups in total. The molecule has 1 aliphatic carbocycles. The molecule has 4 heteroatoms. The lowest BCUT2D eigenvalue weighted by molar-refractivity contribution is -0.139. The zero-order chi connectivity index (χ0) is 9.84. The van der Waals surface area contributed by atoms with Gasteiger partial charge in [0.1, 0.15) is 0 Å². The summed E-state index contributed by atoms with van der Waals surface area (Å²) in [7, 11) is 2.55. The Kier molecular flexibility index (Phi) is 2.84. The summed E-state index contributed by atoms with van der Waals surface area (Å²) in [5.74, 6) is -0.987. The normalized spacial score (nSPS) is 14.6. The molecule has 0 radical (unpaired) electrons. The zero-order valence-electron chi connectivity index (χ0n) is 7.49. The van der Waals surface area contributed by atoms with Crippen LogP contribution in [0.2, 0.25) is 0 Å². The molecular weight excluding hydrogens is 172 g/mol. The maximum Gasteiger partial charge on any atom is 0.338 e. The first kappa shape index (κ1) is 9.51. The lowest BCUT2D eigenvalue weighted by atomic mass is 10.1. The minimum absolute atomic E-state index is 0.286. The molecule has 0 aromatic carbocycles. The molecule has 0 bridgehead atoms. The van der Waals surface area contributed by atoms with Crippen LogP contribution in [0.25, 0.3) is 0 Å². The maximum atomic E-state index is 11.1. The molecule has 0 spiro atoms. The second-order valence-electron chi connectivity index (χ2n) is 2.48. The van der Waals surface area contributed by atoms with Gasteiger partial charge in [0.2, 0.25) is 0 Å². The molecule has 0 saturated carbocycles. The van der Waals surface area contributed by atoms with Crippen LogP contribution >= 0.6 is 0 Å². The van der Waals surface area contributed by atoms with Crippen molar-refractivity contribution in [2.24, 2.45) is 0 Å². The van der Waals surface area contributed by atoms with E-state index in [1.165, 1.54) is 14.2 Å². The highest BCUT2D eigenvalue weighted by Gasteiger charge is 2.22. The molecule has 0 aliphatic heterocycles. The standard InChI is InChI=1S/C9H10O4/c1-12-8(10)6-4-3-5-7(6)9(11)13-2/h3-4H,5H2,1-2H3. The number of allylic oxidation sites excluding steroid dienone is 1. The predicted molar refractivity (Wildman–Crippen MR) is 44.8 cm³/mol. The fourth-order valence-electron chi connectivity index (χ4n) is 1.12. The summed E-state index contributed by atoms with van der Waals surface area (Å²) >= 11 is 0. The Morgan fingerprint density at radius 1 is 1.23 bits per heavy atom. The Morgan fingerprint density at radius 3 is 2.38 bits per heavy atom. The van der Waals surface area contributed by atoms with Crippen LogP contribution in [0.4, 0.5) is 0 Å². The molecule has 0 aromatic heterocycles. The van der Waals surface area contributed by atoms with E-state index in [-0.39, 0.29) is 5.57 Å². The van der Waals surface area contributed by atoms with E-state index in [0.29, 0.717) is 12.0 Å². The molecule has 1 aliphatic rings. The van der Waals surface area contributed by atoms with E-state index in [4.69, 9.17) is 0 Å². The Labute approximate surface area is 75.8 Å². The molecule has 1 rings (SSSR count). The lowest BCUT2D eigenvalue weighted by Crippen LogP contribution is -2.10. The summed E-state index contributed by atoms with van der Waals surface area (Å²) in [6.07, 6.45) is 3.72. The van der Waals surface area contributed by atoms with Gasteiger partial charge in [-0.3, -0.25) is 0 Å². The lowest BCUT2D eigenvalue weighted by Gasteiger charge is -2.02. The highest BCUT2D eigenvalue weighted by atomic mass is 16.5. The molecule has 70 valence electrons. The number of hydrogen-bond donors (Lipinski definition) is 0. The SMILES string of the molecule is COC(=O)C1=C(C(=O)OC)CC=C1. The molecule has 0 aromatic rings. The molecule has 0 amide bonds. The van der Waals surface area contributed by atoms with E-state index in [9.17, 15) is 9.59 Å². The van der Waals surface area contributed by atoms with Crippen LogP contribution in [0.5, 0.6) is 0 Å². The van der Waals surface area contributed by atoms with Gasteiger partial charge >= 0.3 is 11.9 Å². The Bertz CT molecular complexity index is 299. The van der Waals surface area contributed by atoms with Gasteiger partial charge < -0.3 is 9.47 Å². The minimum atomic E-state index is -0.505. The van der Waals surface area contributed by atoms with Crippen LogP contribution in [0, 0.1) is 0 Å². The van der Waals surface area contributed by atoms with Gasteiger partial charge in [0.25, 0.3) is 0 Å². The molecule has 4 nitrogen and oxygen atoms in total. The Morgan fingerprint density at radius 2 is 1.85 bits per heavy atom. The number of methoxy groups -OCH3 is 2. The molecular formula is C9H10O4. The summed E-state index contributed by atoms with van der Waals surface area (Å²) in [6, 6.07) is 0. The minimum Gasteiger partial charge on any atom is -0.466 e.